The molecule has 0 spiro atoms. The summed E-state index contributed by atoms with van der Waals surface area (Å²) in [5.74, 6) is -2.04. The van der Waals surface area contributed by atoms with Crippen molar-refractivity contribution in [3.63, 3.8) is 0 Å². The molecule has 1 aromatic heterocycles. The maximum Gasteiger partial charge on any atom is 0.239 e. The third kappa shape index (κ3) is 10.7. The predicted octanol–water partition coefficient (Wildman–Crippen LogP) is 9.73. The lowest BCUT2D eigenvalue weighted by atomic mass is 9.97. The maximum absolute atomic E-state index is 15.5. The molecule has 0 N–H and O–H groups in total. The molecule has 0 radical (unpaired) electrons. The van der Waals surface area contributed by atoms with Gasteiger partial charge in [0.05, 0.1) is 40.1 Å². The molecule has 5 atom stereocenters. The number of ether oxygens (including phenoxy) is 7. The van der Waals surface area contributed by atoms with Crippen LogP contribution < -0.4 is 9.47 Å². The fraction of sp³-hybridized carbons (Fsp3) is 0.327. The molecule has 1 aliphatic rings. The van der Waals surface area contributed by atoms with Crippen molar-refractivity contribution in [3.05, 3.63) is 184 Å². The molecule has 11 heteroatoms. The van der Waals surface area contributed by atoms with E-state index in [4.69, 9.17) is 38.3 Å². The number of nitrogens with zero attached hydrogens (tertiary/aromatic N) is 2. The fourth-order valence-electron chi connectivity index (χ4n) is 7.34. The highest BCUT2D eigenvalue weighted by Crippen LogP contribution is 2.36. The van der Waals surface area contributed by atoms with Gasteiger partial charge < -0.3 is 33.2 Å². The summed E-state index contributed by atoms with van der Waals surface area (Å²) in [6.45, 7) is 7.08. The van der Waals surface area contributed by atoms with E-state index in [9.17, 15) is 0 Å². The molecule has 9 nitrogen and oxygen atoms in total. The molecule has 6 aromatic rings. The molecule has 0 bridgehead atoms. The Morgan fingerprint density at radius 3 is 1.65 bits per heavy atom. The van der Waals surface area contributed by atoms with Crippen molar-refractivity contribution in [1.82, 2.24) is 9.78 Å². The van der Waals surface area contributed by atoms with Gasteiger partial charge >= 0.3 is 0 Å². The van der Waals surface area contributed by atoms with E-state index in [1.807, 2.05) is 142 Å². The lowest BCUT2D eigenvalue weighted by molar-refractivity contribution is -0.310. The molecule has 60 heavy (non-hydrogen) atoms. The average Bonchev–Trinajstić information content (AvgIpc) is 3.58. The van der Waals surface area contributed by atoms with Crippen LogP contribution >= 0.6 is 0 Å². The number of halogens is 2. The Bertz CT molecular complexity index is 2230. The lowest BCUT2D eigenvalue weighted by Crippen LogP contribution is -2.62. The van der Waals surface area contributed by atoms with Gasteiger partial charge in [-0.3, -0.25) is 4.68 Å². The van der Waals surface area contributed by atoms with Crippen molar-refractivity contribution in [1.29, 1.82) is 0 Å². The normalized spacial score (nSPS) is 19.1. The van der Waals surface area contributed by atoms with Crippen molar-refractivity contribution in [2.45, 2.75) is 90.4 Å². The number of hydrogen-bond donors (Lipinski definition) is 0. The van der Waals surface area contributed by atoms with E-state index in [0.717, 1.165) is 27.9 Å². The van der Waals surface area contributed by atoms with Crippen molar-refractivity contribution in [2.75, 3.05) is 13.7 Å². The van der Waals surface area contributed by atoms with Gasteiger partial charge in [-0.15, -0.1) is 5.10 Å². The van der Waals surface area contributed by atoms with Gasteiger partial charge in [0.15, 0.2) is 11.6 Å². The van der Waals surface area contributed by atoms with Crippen LogP contribution in [0.1, 0.15) is 59.0 Å². The van der Waals surface area contributed by atoms with Crippen LogP contribution in [0.25, 0.3) is 0 Å². The summed E-state index contributed by atoms with van der Waals surface area (Å²) < 4.78 is 78.0. The third-order valence-corrected chi connectivity index (χ3v) is 10.5. The topological polar surface area (TPSA) is 82.4 Å². The summed E-state index contributed by atoms with van der Waals surface area (Å²) in [4.78, 5) is 0. The summed E-state index contributed by atoms with van der Waals surface area (Å²) >= 11 is 0. The molecule has 1 fully saturated rings. The summed E-state index contributed by atoms with van der Waals surface area (Å²) in [5.41, 5.74) is 5.30. The molecular weight excluding hydrogens is 767 g/mol. The minimum atomic E-state index is -1.11. The highest BCUT2D eigenvalue weighted by molar-refractivity contribution is 5.40. The number of rotatable bonds is 19. The van der Waals surface area contributed by atoms with Crippen molar-refractivity contribution in [2.24, 2.45) is 0 Å². The lowest BCUT2D eigenvalue weighted by Gasteiger charge is -2.45. The first-order valence-electron chi connectivity index (χ1n) is 20.3. The second kappa shape index (κ2) is 20.7. The highest BCUT2D eigenvalue weighted by atomic mass is 19.2. The molecule has 0 saturated carbocycles. The standard InChI is InChI=1S/C49H52F2N2O7/c1-33(2)53-34(3)40(27-39-25-26-41(54-4)44(51)43(39)50)48(52-53)60-49-47(58-31-38-23-15-8-16-24-38)46(57-30-37-21-13-7-14-22-37)45(56-29-36-19-11-6-12-20-36)42(59-49)32-55-28-35-17-9-5-10-18-35/h5-26,33,42,45-47,49H,27-32H2,1-4H3/t42-,45-,46+,47-,49+/m1/s1. The number of hydrogen-bond acceptors (Lipinski definition) is 8. The van der Waals surface area contributed by atoms with Gasteiger partial charge in [-0.2, -0.15) is 4.39 Å². The molecule has 5 aromatic carbocycles. The molecule has 1 aliphatic heterocycles. The molecule has 1 saturated heterocycles. The predicted molar refractivity (Wildman–Crippen MR) is 224 cm³/mol. The van der Waals surface area contributed by atoms with Gasteiger partial charge in [-0.25, -0.2) is 4.39 Å². The van der Waals surface area contributed by atoms with Gasteiger partial charge in [-0.1, -0.05) is 127 Å². The van der Waals surface area contributed by atoms with Crippen LogP contribution in [0.15, 0.2) is 133 Å². The summed E-state index contributed by atoms with van der Waals surface area (Å²) in [7, 11) is 1.30. The quantitative estimate of drug-likeness (QED) is 0.0800. The van der Waals surface area contributed by atoms with E-state index < -0.39 is 42.3 Å². The van der Waals surface area contributed by atoms with Crippen molar-refractivity contribution < 1.29 is 41.9 Å². The SMILES string of the molecule is COc1ccc(Cc2c(O[C@@H]3O[C@H](COCc4ccccc4)[C@@H](OCc4ccccc4)[C@H](OCc4ccccc4)[C@H]3OCc3ccccc3)nn(C(C)C)c2C)c(F)c1F. The second-order valence-corrected chi connectivity index (χ2v) is 15.1. The Kier molecular flexibility index (Phi) is 14.7. The maximum atomic E-state index is 15.5. The van der Waals surface area contributed by atoms with Crippen LogP contribution in [-0.4, -0.2) is 54.2 Å². The van der Waals surface area contributed by atoms with Crippen LogP contribution in [0.2, 0.25) is 0 Å². The minimum Gasteiger partial charge on any atom is -0.494 e. The van der Waals surface area contributed by atoms with Crippen molar-refractivity contribution >= 4 is 0 Å². The zero-order chi connectivity index (χ0) is 41.8. The van der Waals surface area contributed by atoms with Gasteiger partial charge in [0.2, 0.25) is 18.0 Å². The summed E-state index contributed by atoms with van der Waals surface area (Å²) in [6.07, 6.45) is -4.12. The molecule has 314 valence electrons. The van der Waals surface area contributed by atoms with Crippen LogP contribution in [0.4, 0.5) is 8.78 Å². The van der Waals surface area contributed by atoms with E-state index in [2.05, 4.69) is 0 Å². The third-order valence-electron chi connectivity index (χ3n) is 10.5. The summed E-state index contributed by atoms with van der Waals surface area (Å²) in [6, 6.07) is 42.4. The first-order valence-corrected chi connectivity index (χ1v) is 20.3. The molecule has 0 amide bonds. The number of aromatic nitrogens is 2. The zero-order valence-electron chi connectivity index (χ0n) is 34.4. The van der Waals surface area contributed by atoms with Gasteiger partial charge in [0.25, 0.3) is 0 Å². The van der Waals surface area contributed by atoms with Crippen LogP contribution in [-0.2, 0) is 56.5 Å². The van der Waals surface area contributed by atoms with E-state index in [1.54, 1.807) is 4.68 Å². The average molecular weight is 819 g/mol. The van der Waals surface area contributed by atoms with E-state index in [0.29, 0.717) is 12.2 Å². The number of benzene rings is 5. The van der Waals surface area contributed by atoms with E-state index in [-0.39, 0.29) is 56.1 Å². The Balaban J connectivity index is 1.28. The smallest absolute Gasteiger partial charge is 0.239 e. The first-order chi connectivity index (χ1) is 29.3. The monoisotopic (exact) mass is 818 g/mol. The molecule has 0 unspecified atom stereocenters. The second-order valence-electron chi connectivity index (χ2n) is 15.1. The zero-order valence-corrected chi connectivity index (χ0v) is 34.4. The Morgan fingerprint density at radius 1 is 0.633 bits per heavy atom. The Labute approximate surface area is 350 Å². The molecule has 7 rings (SSSR count). The highest BCUT2D eigenvalue weighted by Gasteiger charge is 2.50. The fourth-order valence-corrected chi connectivity index (χ4v) is 7.34. The first kappa shape index (κ1) is 42.7. The van der Waals surface area contributed by atoms with Crippen LogP contribution in [0, 0.1) is 18.6 Å². The Hall–Kier alpha value is -5.43. The molecule has 2 heterocycles. The largest absolute Gasteiger partial charge is 0.494 e. The summed E-state index contributed by atoms with van der Waals surface area (Å²) in [5, 5.41) is 4.89. The van der Waals surface area contributed by atoms with Crippen LogP contribution in [0.5, 0.6) is 11.6 Å². The Morgan fingerprint density at radius 2 is 1.13 bits per heavy atom. The van der Waals surface area contributed by atoms with Gasteiger partial charge in [0.1, 0.15) is 24.4 Å². The minimum absolute atomic E-state index is 0.0107. The van der Waals surface area contributed by atoms with Crippen LogP contribution in [0.3, 0.4) is 0 Å². The molecular formula is C49H52F2N2O7. The van der Waals surface area contributed by atoms with E-state index in [1.165, 1.54) is 19.2 Å². The van der Waals surface area contributed by atoms with Crippen molar-refractivity contribution in [3.8, 4) is 11.6 Å². The van der Waals surface area contributed by atoms with Gasteiger partial charge in [0, 0.05) is 23.7 Å². The van der Waals surface area contributed by atoms with Gasteiger partial charge in [-0.05, 0) is 54.7 Å². The molecule has 0 aliphatic carbocycles. The van der Waals surface area contributed by atoms with E-state index >= 15 is 8.78 Å². The number of methoxy groups -OCH3 is 1.